The fourth-order valence-corrected chi connectivity index (χ4v) is 15.9. The summed E-state index contributed by atoms with van der Waals surface area (Å²) in [6.45, 7) is 13.7. The van der Waals surface area contributed by atoms with E-state index in [1.807, 2.05) is 48.8 Å². The largest absolute Gasteiger partial charge is 0.255 e. The molecule has 12 aromatic carbocycles. The molecule has 6 heteroatoms. The molecule has 0 amide bonds. The van der Waals surface area contributed by atoms with Gasteiger partial charge in [-0.3, -0.25) is 19.9 Å². The first-order valence-electron chi connectivity index (χ1n) is 33.3. The number of aryl methyl sites for hydroxylation is 6. The van der Waals surface area contributed by atoms with Gasteiger partial charge in [0.1, 0.15) is 0 Å². The highest BCUT2D eigenvalue weighted by molar-refractivity contribution is 6.98. The normalized spacial score (nSPS) is 11.7. The van der Waals surface area contributed by atoms with Crippen LogP contribution in [0.4, 0.5) is 0 Å². The lowest BCUT2D eigenvalue weighted by Gasteiger charge is -2.26. The second-order valence-electron chi connectivity index (χ2n) is 25.9. The van der Waals surface area contributed by atoms with E-state index in [4.69, 9.17) is 9.97 Å². The van der Waals surface area contributed by atoms with E-state index in [1.165, 1.54) is 143 Å². The predicted octanol–water partition coefficient (Wildman–Crippen LogP) is 20.7. The van der Waals surface area contributed by atoms with Gasteiger partial charge in [0.25, 0.3) is 0 Å². The summed E-state index contributed by atoms with van der Waals surface area (Å²) >= 11 is 0. The molecule has 0 spiro atoms. The molecule has 459 valence electrons. The van der Waals surface area contributed by atoms with Gasteiger partial charge in [0.05, 0.1) is 22.8 Å². The van der Waals surface area contributed by atoms with Crippen molar-refractivity contribution in [3.05, 3.63) is 354 Å². The maximum atomic E-state index is 4.86. The molecule has 0 aliphatic heterocycles. The van der Waals surface area contributed by atoms with Crippen LogP contribution in [0.15, 0.2) is 304 Å². The van der Waals surface area contributed by atoms with Crippen molar-refractivity contribution >= 4 is 74.6 Å². The molecule has 1 aliphatic carbocycles. The summed E-state index contributed by atoms with van der Waals surface area (Å²) in [6, 6.07) is 101. The van der Waals surface area contributed by atoms with Crippen molar-refractivity contribution in [1.82, 2.24) is 19.9 Å². The highest BCUT2D eigenvalue weighted by Crippen LogP contribution is 2.51. The fourth-order valence-electron chi connectivity index (χ4n) is 15.9. The Kier molecular flexibility index (Phi) is 16.5. The first kappa shape index (κ1) is 61.6. The third kappa shape index (κ3) is 11.2. The molecule has 4 heterocycles. The number of nitrogens with zero attached hydrogens (tertiary/aromatic N) is 4. The summed E-state index contributed by atoms with van der Waals surface area (Å²) in [6.07, 6.45) is 7.54. The van der Waals surface area contributed by atoms with Gasteiger partial charge in [0.2, 0.25) is 6.71 Å². The van der Waals surface area contributed by atoms with E-state index in [-0.39, 0.29) is 21.0 Å². The Balaban J connectivity index is 0.000000159. The molecular formula is C91H69B2N4. The van der Waals surface area contributed by atoms with Gasteiger partial charge in [-0.2, -0.15) is 0 Å². The lowest BCUT2D eigenvalue weighted by atomic mass is 9.33. The zero-order valence-corrected chi connectivity index (χ0v) is 55.4. The summed E-state index contributed by atoms with van der Waals surface area (Å²) in [5, 5.41) is 9.90. The van der Waals surface area contributed by atoms with Crippen LogP contribution in [0, 0.1) is 41.5 Å². The Bertz CT molecular complexity index is 5510. The molecule has 4 aromatic heterocycles. The Labute approximate surface area is 570 Å². The van der Waals surface area contributed by atoms with Gasteiger partial charge >= 0.3 is 0 Å². The van der Waals surface area contributed by atoms with Crippen molar-refractivity contribution in [3.63, 3.8) is 0 Å². The lowest BCUT2D eigenvalue weighted by Crippen LogP contribution is -2.56. The Morgan fingerprint density at radius 1 is 0.268 bits per heavy atom. The first-order valence-corrected chi connectivity index (χ1v) is 33.3. The summed E-state index contributed by atoms with van der Waals surface area (Å²) in [4.78, 5) is 18.7. The first-order chi connectivity index (χ1) is 47.1. The molecule has 4 nitrogen and oxygen atoms in total. The third-order valence-corrected chi connectivity index (χ3v) is 19.8. The summed E-state index contributed by atoms with van der Waals surface area (Å²) < 4.78 is 0. The average Bonchev–Trinajstić information content (AvgIpc) is 1.38. The van der Waals surface area contributed by atoms with Crippen LogP contribution < -0.4 is 16.4 Å². The van der Waals surface area contributed by atoms with E-state index in [2.05, 4.69) is 294 Å². The maximum absolute atomic E-state index is 4.86. The zero-order valence-electron chi connectivity index (χ0n) is 55.4. The minimum Gasteiger partial charge on any atom is -0.255 e. The maximum Gasteiger partial charge on any atom is 0.243 e. The number of hydrogen-bond donors (Lipinski definition) is 0. The van der Waals surface area contributed by atoms with Crippen LogP contribution in [-0.2, 0) is 0 Å². The summed E-state index contributed by atoms with van der Waals surface area (Å²) in [5.41, 5.74) is 31.9. The Hall–Kier alpha value is -11.6. The van der Waals surface area contributed by atoms with Crippen molar-refractivity contribution in [2.24, 2.45) is 0 Å². The SMILES string of the molecule is Cc1cc(C)c(B(c2c(C)cc(C)cc2C)c2ccc(-c3ccc(C4c5ccccc5-c5ccccc54)c4ccccc34)c3ccccc23)c(C)c1.[B].c1ccc(-c2ccc3c(-c4ccc(-c5ccccn5)nc4)c4ccccc4c(-c4ccc(-c5ccccn5)nc4)c3c2)cc1. The van der Waals surface area contributed by atoms with E-state index in [0.717, 1.165) is 45.0 Å². The van der Waals surface area contributed by atoms with Gasteiger partial charge in [-0.1, -0.05) is 286 Å². The number of pyridine rings is 4. The standard InChI is InChI=1S/C51H43B.C40H26N4.B/c1-31-27-33(3)50(34(4)28-31)52(51-35(5)29-32(2)30-36(51)6)48-26-25-43(38-16-9-12-20-44(38)48)42-23-24-47(39-17-8-7-15-37(39)42)49-45-21-13-10-18-40(45)41-19-11-14-22-46(41)49;1-2-10-27(11-3-1)28-16-19-33-34(24-28)40(30-18-21-38(44-26-30)36-15-7-9-23-42-36)32-13-5-4-12-31(32)39(33)29-17-20-37(43-25-29)35-14-6-8-22-41-35;/h7-30,49H,1-6H3;1-26H;. The van der Waals surface area contributed by atoms with Crippen LogP contribution in [0.1, 0.15) is 56.0 Å². The molecule has 0 atom stereocenters. The average molecular weight is 1240 g/mol. The molecular weight excluding hydrogens is 1170 g/mol. The van der Waals surface area contributed by atoms with Crippen molar-refractivity contribution in [3.8, 4) is 78.4 Å². The van der Waals surface area contributed by atoms with Gasteiger partial charge in [0, 0.05) is 50.2 Å². The Morgan fingerprint density at radius 2 is 0.680 bits per heavy atom. The lowest BCUT2D eigenvalue weighted by molar-refractivity contribution is 1.03. The molecule has 0 fully saturated rings. The second-order valence-corrected chi connectivity index (χ2v) is 25.9. The number of aromatic nitrogens is 4. The van der Waals surface area contributed by atoms with Crippen LogP contribution in [-0.4, -0.2) is 35.1 Å². The van der Waals surface area contributed by atoms with E-state index < -0.39 is 0 Å². The Morgan fingerprint density at radius 3 is 1.19 bits per heavy atom. The van der Waals surface area contributed by atoms with E-state index >= 15 is 0 Å². The molecule has 97 heavy (non-hydrogen) atoms. The van der Waals surface area contributed by atoms with Crippen LogP contribution in [0.2, 0.25) is 0 Å². The van der Waals surface area contributed by atoms with Gasteiger partial charge in [-0.15, -0.1) is 0 Å². The van der Waals surface area contributed by atoms with Gasteiger partial charge in [0.15, 0.2) is 0 Å². The van der Waals surface area contributed by atoms with E-state index in [1.54, 1.807) is 12.4 Å². The van der Waals surface area contributed by atoms with Gasteiger partial charge in [-0.25, -0.2) is 0 Å². The number of rotatable bonds is 10. The molecule has 0 bridgehead atoms. The smallest absolute Gasteiger partial charge is 0.243 e. The molecule has 0 saturated heterocycles. The van der Waals surface area contributed by atoms with Crippen molar-refractivity contribution in [1.29, 1.82) is 0 Å². The highest BCUT2D eigenvalue weighted by atomic mass is 14.8. The zero-order chi connectivity index (χ0) is 65.0. The molecule has 0 unspecified atom stereocenters. The van der Waals surface area contributed by atoms with Crippen molar-refractivity contribution < 1.29 is 0 Å². The van der Waals surface area contributed by atoms with Crippen LogP contribution in [0.5, 0.6) is 0 Å². The highest BCUT2D eigenvalue weighted by Gasteiger charge is 2.33. The fraction of sp³-hybridized carbons (Fsp3) is 0.0769. The van der Waals surface area contributed by atoms with Gasteiger partial charge in [-0.05, 0) is 188 Å². The van der Waals surface area contributed by atoms with Crippen LogP contribution in [0.25, 0.3) is 122 Å². The van der Waals surface area contributed by atoms with Gasteiger partial charge < -0.3 is 0 Å². The molecule has 3 radical (unpaired) electrons. The molecule has 17 rings (SSSR count). The summed E-state index contributed by atoms with van der Waals surface area (Å²) in [5.74, 6) is 0.202. The van der Waals surface area contributed by atoms with Crippen molar-refractivity contribution in [2.75, 3.05) is 0 Å². The van der Waals surface area contributed by atoms with E-state index in [9.17, 15) is 0 Å². The topological polar surface area (TPSA) is 51.6 Å². The number of benzene rings is 12. The second kappa shape index (κ2) is 26.0. The molecule has 1 aliphatic rings. The quantitative estimate of drug-likeness (QED) is 0.101. The minimum absolute atomic E-state index is 0. The van der Waals surface area contributed by atoms with Crippen molar-refractivity contribution in [2.45, 2.75) is 47.5 Å². The number of hydrogen-bond acceptors (Lipinski definition) is 4. The minimum atomic E-state index is 0. The third-order valence-electron chi connectivity index (χ3n) is 19.8. The van der Waals surface area contributed by atoms with E-state index in [0.29, 0.717) is 0 Å². The monoisotopic (exact) mass is 1240 g/mol. The molecule has 16 aromatic rings. The molecule has 0 saturated carbocycles. The molecule has 0 N–H and O–H groups in total. The number of fused-ring (bicyclic) bond motifs is 7. The predicted molar refractivity (Wildman–Crippen MR) is 411 cm³/mol. The van der Waals surface area contributed by atoms with Crippen LogP contribution >= 0.6 is 0 Å². The summed E-state index contributed by atoms with van der Waals surface area (Å²) in [7, 11) is 0. The van der Waals surface area contributed by atoms with Crippen LogP contribution in [0.3, 0.4) is 0 Å².